The minimum atomic E-state index is -1.09. The van der Waals surface area contributed by atoms with Gasteiger partial charge in [-0.25, -0.2) is 9.78 Å². The first kappa shape index (κ1) is 22.4. The van der Waals surface area contributed by atoms with Gasteiger partial charge in [0.15, 0.2) is 6.10 Å². The van der Waals surface area contributed by atoms with Crippen LogP contribution in [0.4, 0.5) is 5.00 Å². The van der Waals surface area contributed by atoms with Crippen molar-refractivity contribution in [1.82, 2.24) is 9.97 Å². The van der Waals surface area contributed by atoms with Crippen molar-refractivity contribution in [1.29, 1.82) is 5.26 Å². The van der Waals surface area contributed by atoms with E-state index in [1.54, 1.807) is 24.4 Å². The molecule has 8 nitrogen and oxygen atoms in total. The maximum absolute atomic E-state index is 12.8. The van der Waals surface area contributed by atoms with Gasteiger partial charge in [0.25, 0.3) is 5.91 Å². The number of aromatic nitrogens is 2. The van der Waals surface area contributed by atoms with Crippen molar-refractivity contribution in [3.05, 3.63) is 64.4 Å². The number of nitriles is 1. The van der Waals surface area contributed by atoms with E-state index in [4.69, 9.17) is 9.47 Å². The minimum absolute atomic E-state index is 0.0527. The molecule has 3 heterocycles. The predicted molar refractivity (Wildman–Crippen MR) is 122 cm³/mol. The van der Waals surface area contributed by atoms with E-state index < -0.39 is 18.0 Å². The van der Waals surface area contributed by atoms with Crippen LogP contribution >= 0.6 is 11.3 Å². The first-order valence-corrected chi connectivity index (χ1v) is 11.5. The van der Waals surface area contributed by atoms with E-state index in [9.17, 15) is 14.9 Å². The Morgan fingerprint density at radius 3 is 2.79 bits per heavy atom. The second kappa shape index (κ2) is 10.2. The van der Waals surface area contributed by atoms with Crippen molar-refractivity contribution >= 4 is 28.2 Å². The van der Waals surface area contributed by atoms with Crippen LogP contribution in [-0.2, 0) is 22.4 Å². The first-order valence-electron chi connectivity index (χ1n) is 10.7. The van der Waals surface area contributed by atoms with Gasteiger partial charge in [0.05, 0.1) is 11.8 Å². The van der Waals surface area contributed by atoms with Crippen molar-refractivity contribution in [2.75, 3.05) is 5.32 Å². The van der Waals surface area contributed by atoms with E-state index in [-0.39, 0.29) is 11.4 Å². The number of pyridine rings is 2. The molecule has 1 aliphatic carbocycles. The average Bonchev–Trinajstić information content (AvgIpc) is 2.98. The number of amides is 1. The number of ether oxygens (including phenoxy) is 2. The summed E-state index contributed by atoms with van der Waals surface area (Å²) in [4.78, 5) is 34.7. The molecule has 0 radical (unpaired) electrons. The highest BCUT2D eigenvalue weighted by molar-refractivity contribution is 7.16. The number of hydrogen-bond donors (Lipinski definition) is 1. The highest BCUT2D eigenvalue weighted by atomic mass is 32.1. The number of esters is 1. The second-order valence-corrected chi connectivity index (χ2v) is 8.67. The largest absolute Gasteiger partial charge is 0.449 e. The molecule has 3 aromatic heterocycles. The summed E-state index contributed by atoms with van der Waals surface area (Å²) in [6.07, 6.45) is 8.51. The molecule has 1 aliphatic rings. The molecule has 0 saturated carbocycles. The quantitative estimate of drug-likeness (QED) is 0.419. The smallest absolute Gasteiger partial charge is 0.344 e. The number of carbonyl (C=O) groups excluding carboxylic acids is 2. The molecule has 1 unspecified atom stereocenters. The normalized spacial score (nSPS) is 13.7. The van der Waals surface area contributed by atoms with Crippen LogP contribution in [0.5, 0.6) is 11.6 Å². The number of anilines is 1. The Hall–Kier alpha value is -3.77. The van der Waals surface area contributed by atoms with Crippen molar-refractivity contribution in [2.45, 2.75) is 45.1 Å². The number of nitrogens with one attached hydrogen (secondary N) is 1. The van der Waals surface area contributed by atoms with E-state index in [0.717, 1.165) is 42.5 Å². The van der Waals surface area contributed by atoms with Gasteiger partial charge in [0.1, 0.15) is 22.4 Å². The monoisotopic (exact) mass is 462 g/mol. The number of carbonyl (C=O) groups is 2. The number of thiophene rings is 1. The second-order valence-electron chi connectivity index (χ2n) is 7.56. The maximum atomic E-state index is 12.8. The highest BCUT2D eigenvalue weighted by Gasteiger charge is 2.26. The van der Waals surface area contributed by atoms with Crippen molar-refractivity contribution in [3.8, 4) is 17.7 Å². The van der Waals surface area contributed by atoms with Gasteiger partial charge in [0.2, 0.25) is 5.88 Å². The van der Waals surface area contributed by atoms with Gasteiger partial charge in [-0.3, -0.25) is 9.78 Å². The number of aryl methyl sites for hydroxylation is 1. The molecule has 0 aromatic carbocycles. The first-order chi connectivity index (χ1) is 16.1. The Labute approximate surface area is 195 Å². The van der Waals surface area contributed by atoms with Crippen LogP contribution in [0.2, 0.25) is 0 Å². The Morgan fingerprint density at radius 1 is 1.18 bits per heavy atom. The van der Waals surface area contributed by atoms with Gasteiger partial charge in [-0.1, -0.05) is 6.42 Å². The van der Waals surface area contributed by atoms with Gasteiger partial charge in [-0.2, -0.15) is 5.26 Å². The topological polar surface area (TPSA) is 114 Å². The van der Waals surface area contributed by atoms with Gasteiger partial charge in [-0.15, -0.1) is 11.3 Å². The molecule has 168 valence electrons. The standard InChI is InChI=1S/C24H22N4O4S/c1-15(21(29)28-23-19(13-25)17-8-3-2-4-10-20(17)33-23)31-24(30)18-9-6-12-27-22(18)32-16-7-5-11-26-14-16/h5-7,9,11-12,14-15H,2-4,8,10H2,1H3,(H,28,29). The van der Waals surface area contributed by atoms with Gasteiger partial charge < -0.3 is 14.8 Å². The molecule has 0 spiro atoms. The predicted octanol–water partition coefficient (Wildman–Crippen LogP) is 4.65. The fourth-order valence-electron chi connectivity index (χ4n) is 3.59. The number of nitrogens with zero attached hydrogens (tertiary/aromatic N) is 3. The molecule has 33 heavy (non-hydrogen) atoms. The maximum Gasteiger partial charge on any atom is 0.344 e. The molecule has 0 saturated heterocycles. The zero-order chi connectivity index (χ0) is 23.2. The number of hydrogen-bond acceptors (Lipinski definition) is 8. The fraction of sp³-hybridized carbons (Fsp3) is 0.292. The fourth-order valence-corrected chi connectivity index (χ4v) is 4.83. The summed E-state index contributed by atoms with van der Waals surface area (Å²) in [7, 11) is 0. The van der Waals surface area contributed by atoms with Crippen LogP contribution in [-0.4, -0.2) is 27.9 Å². The van der Waals surface area contributed by atoms with Crippen LogP contribution in [0.15, 0.2) is 42.9 Å². The Kier molecular flexibility index (Phi) is 6.95. The van der Waals surface area contributed by atoms with E-state index >= 15 is 0 Å². The van der Waals surface area contributed by atoms with E-state index in [0.29, 0.717) is 16.3 Å². The van der Waals surface area contributed by atoms with Crippen molar-refractivity contribution < 1.29 is 19.1 Å². The molecular formula is C24H22N4O4S. The van der Waals surface area contributed by atoms with Crippen LogP contribution in [0.1, 0.15) is 52.5 Å². The van der Waals surface area contributed by atoms with E-state index in [2.05, 4.69) is 21.4 Å². The summed E-state index contributed by atoms with van der Waals surface area (Å²) in [5.41, 5.74) is 1.64. The Bertz CT molecular complexity index is 1200. The van der Waals surface area contributed by atoms with Crippen LogP contribution in [0.3, 0.4) is 0 Å². The van der Waals surface area contributed by atoms with Crippen molar-refractivity contribution in [3.63, 3.8) is 0 Å². The SMILES string of the molecule is CC(OC(=O)c1cccnc1Oc1cccnc1)C(=O)Nc1sc2c(c1C#N)CCCCC2. The van der Waals surface area contributed by atoms with Crippen LogP contribution in [0, 0.1) is 11.3 Å². The van der Waals surface area contributed by atoms with Crippen molar-refractivity contribution in [2.24, 2.45) is 0 Å². The van der Waals surface area contributed by atoms with Gasteiger partial charge in [0, 0.05) is 17.3 Å². The zero-order valence-electron chi connectivity index (χ0n) is 18.0. The molecule has 3 aromatic rings. The molecule has 0 aliphatic heterocycles. The lowest BCUT2D eigenvalue weighted by Gasteiger charge is -2.14. The third kappa shape index (κ3) is 5.18. The lowest BCUT2D eigenvalue weighted by molar-refractivity contribution is -0.123. The summed E-state index contributed by atoms with van der Waals surface area (Å²) in [5, 5.41) is 12.9. The summed E-state index contributed by atoms with van der Waals surface area (Å²) in [6, 6.07) is 8.70. The molecule has 1 N–H and O–H groups in total. The lowest BCUT2D eigenvalue weighted by Crippen LogP contribution is -2.30. The zero-order valence-corrected chi connectivity index (χ0v) is 18.9. The average molecular weight is 463 g/mol. The van der Waals surface area contributed by atoms with Gasteiger partial charge in [-0.05, 0) is 62.4 Å². The Morgan fingerprint density at radius 2 is 2.00 bits per heavy atom. The molecular weight excluding hydrogens is 440 g/mol. The molecule has 0 fully saturated rings. The number of fused-ring (bicyclic) bond motifs is 1. The molecule has 4 rings (SSSR count). The molecule has 1 atom stereocenters. The third-order valence-electron chi connectivity index (χ3n) is 5.26. The highest BCUT2D eigenvalue weighted by Crippen LogP contribution is 2.37. The summed E-state index contributed by atoms with van der Waals surface area (Å²) >= 11 is 1.43. The summed E-state index contributed by atoms with van der Waals surface area (Å²) < 4.78 is 11.0. The van der Waals surface area contributed by atoms with E-state index in [1.165, 1.54) is 36.7 Å². The third-order valence-corrected chi connectivity index (χ3v) is 6.47. The summed E-state index contributed by atoms with van der Waals surface area (Å²) in [5.74, 6) is -0.781. The number of rotatable bonds is 6. The lowest BCUT2D eigenvalue weighted by atomic mass is 10.1. The van der Waals surface area contributed by atoms with Crippen LogP contribution in [0.25, 0.3) is 0 Å². The minimum Gasteiger partial charge on any atom is -0.449 e. The molecule has 0 bridgehead atoms. The molecule has 1 amide bonds. The Balaban J connectivity index is 1.45. The van der Waals surface area contributed by atoms with E-state index in [1.807, 2.05) is 0 Å². The van der Waals surface area contributed by atoms with Crippen LogP contribution < -0.4 is 10.1 Å². The summed E-state index contributed by atoms with van der Waals surface area (Å²) in [6.45, 7) is 1.48. The molecule has 9 heteroatoms. The van der Waals surface area contributed by atoms with Gasteiger partial charge >= 0.3 is 5.97 Å².